The van der Waals surface area contributed by atoms with Crippen LogP contribution in [0.1, 0.15) is 30.2 Å². The van der Waals surface area contributed by atoms with Crippen molar-refractivity contribution in [3.8, 4) is 0 Å². The zero-order valence-corrected chi connectivity index (χ0v) is 11.1. The van der Waals surface area contributed by atoms with E-state index in [0.717, 1.165) is 30.7 Å². The smallest absolute Gasteiger partial charge is 0.227 e. The van der Waals surface area contributed by atoms with Gasteiger partial charge in [-0.05, 0) is 42.7 Å². The van der Waals surface area contributed by atoms with Crippen molar-refractivity contribution in [3.63, 3.8) is 0 Å². The highest BCUT2D eigenvalue weighted by atomic mass is 19.1. The average Bonchev–Trinajstić information content (AvgIpc) is 3.11. The molecule has 1 aromatic carbocycles. The molecule has 2 aromatic rings. The van der Waals surface area contributed by atoms with E-state index in [0.29, 0.717) is 6.42 Å². The molecule has 0 radical (unpaired) electrons. The van der Waals surface area contributed by atoms with Gasteiger partial charge in [0.2, 0.25) is 5.91 Å². The van der Waals surface area contributed by atoms with Crippen molar-refractivity contribution in [3.05, 3.63) is 59.8 Å². The van der Waals surface area contributed by atoms with Gasteiger partial charge in [-0.2, -0.15) is 0 Å². The van der Waals surface area contributed by atoms with Crippen molar-refractivity contribution >= 4 is 5.91 Å². The van der Waals surface area contributed by atoms with Crippen molar-refractivity contribution in [2.75, 3.05) is 6.54 Å². The highest BCUT2D eigenvalue weighted by Gasteiger charge is 2.31. The Morgan fingerprint density at radius 1 is 1.30 bits per heavy atom. The van der Waals surface area contributed by atoms with Crippen molar-refractivity contribution in [2.24, 2.45) is 0 Å². The minimum absolute atomic E-state index is 0.0398. The molecule has 1 aliphatic rings. The summed E-state index contributed by atoms with van der Waals surface area (Å²) in [6.45, 7) is 0.755. The number of hydrogen-bond donors (Lipinski definition) is 0. The lowest BCUT2D eigenvalue weighted by Crippen LogP contribution is -2.31. The summed E-state index contributed by atoms with van der Waals surface area (Å²) in [7, 11) is 0. The van der Waals surface area contributed by atoms with Gasteiger partial charge < -0.3 is 9.32 Å². The first-order valence-corrected chi connectivity index (χ1v) is 6.81. The Kier molecular flexibility index (Phi) is 3.54. The molecule has 104 valence electrons. The molecule has 1 amide bonds. The van der Waals surface area contributed by atoms with E-state index >= 15 is 0 Å². The molecule has 0 spiro atoms. The summed E-state index contributed by atoms with van der Waals surface area (Å²) in [6, 6.07) is 9.88. The Morgan fingerprint density at radius 3 is 2.80 bits per heavy atom. The summed E-state index contributed by atoms with van der Waals surface area (Å²) < 4.78 is 18.3. The van der Waals surface area contributed by atoms with E-state index in [4.69, 9.17) is 4.42 Å². The summed E-state index contributed by atoms with van der Waals surface area (Å²) in [5, 5.41) is 0. The lowest BCUT2D eigenvalue weighted by Gasteiger charge is -2.23. The lowest BCUT2D eigenvalue weighted by molar-refractivity contribution is -0.131. The molecule has 1 aliphatic heterocycles. The summed E-state index contributed by atoms with van der Waals surface area (Å²) in [5.74, 6) is 0.626. The number of likely N-dealkylation sites (tertiary alicyclic amines) is 1. The van der Waals surface area contributed by atoms with Gasteiger partial charge in [-0.25, -0.2) is 4.39 Å². The third kappa shape index (κ3) is 2.59. The van der Waals surface area contributed by atoms with Gasteiger partial charge in [-0.3, -0.25) is 4.79 Å². The van der Waals surface area contributed by atoms with E-state index in [2.05, 4.69) is 0 Å². The first-order valence-electron chi connectivity index (χ1n) is 6.81. The number of amides is 1. The Balaban J connectivity index is 1.71. The highest BCUT2D eigenvalue weighted by Crippen LogP contribution is 2.32. The molecule has 0 unspecified atom stereocenters. The Labute approximate surface area is 117 Å². The minimum Gasteiger partial charge on any atom is -0.467 e. The molecular weight excluding hydrogens is 257 g/mol. The molecule has 3 nitrogen and oxygen atoms in total. The maximum Gasteiger partial charge on any atom is 0.227 e. The third-order valence-electron chi connectivity index (χ3n) is 3.71. The predicted molar refractivity (Wildman–Crippen MR) is 72.5 cm³/mol. The Morgan fingerprint density at radius 2 is 2.10 bits per heavy atom. The number of carbonyl (C=O) groups excluding carboxylic acids is 1. The van der Waals surface area contributed by atoms with Gasteiger partial charge in [-0.1, -0.05) is 12.1 Å². The highest BCUT2D eigenvalue weighted by molar-refractivity contribution is 5.79. The second-order valence-corrected chi connectivity index (χ2v) is 5.06. The maximum atomic E-state index is 12.9. The standard InChI is InChI=1S/C16H16FNO2/c17-13-7-5-12(6-8-13)11-16(19)18-9-1-3-14(18)15-4-2-10-20-15/h2,4-8,10,14H,1,3,9,11H2/t14-/m0/s1. The molecule has 1 aromatic heterocycles. The first-order chi connectivity index (χ1) is 9.74. The first kappa shape index (κ1) is 12.9. The Bertz CT molecular complexity index is 577. The van der Waals surface area contributed by atoms with Gasteiger partial charge in [0.25, 0.3) is 0 Å². The van der Waals surface area contributed by atoms with E-state index in [9.17, 15) is 9.18 Å². The summed E-state index contributed by atoms with van der Waals surface area (Å²) >= 11 is 0. The van der Waals surface area contributed by atoms with Crippen LogP contribution >= 0.6 is 0 Å². The quantitative estimate of drug-likeness (QED) is 0.859. The van der Waals surface area contributed by atoms with Crippen LogP contribution in [0.15, 0.2) is 47.1 Å². The monoisotopic (exact) mass is 273 g/mol. The number of furan rings is 1. The van der Waals surface area contributed by atoms with E-state index in [1.807, 2.05) is 17.0 Å². The fourth-order valence-electron chi connectivity index (χ4n) is 2.72. The maximum absolute atomic E-state index is 12.9. The molecule has 1 saturated heterocycles. The molecule has 0 aliphatic carbocycles. The van der Waals surface area contributed by atoms with Gasteiger partial charge in [0.05, 0.1) is 18.7 Å². The van der Waals surface area contributed by atoms with Crippen LogP contribution in [0.5, 0.6) is 0 Å². The van der Waals surface area contributed by atoms with Crippen molar-refractivity contribution in [2.45, 2.75) is 25.3 Å². The average molecular weight is 273 g/mol. The number of nitrogens with zero attached hydrogens (tertiary/aromatic N) is 1. The van der Waals surface area contributed by atoms with Crippen molar-refractivity contribution < 1.29 is 13.6 Å². The molecular formula is C16H16FNO2. The number of hydrogen-bond acceptors (Lipinski definition) is 2. The molecule has 1 atom stereocenters. The molecule has 0 bridgehead atoms. The molecule has 3 rings (SSSR count). The van der Waals surface area contributed by atoms with Crippen LogP contribution in [0.25, 0.3) is 0 Å². The van der Waals surface area contributed by atoms with E-state index < -0.39 is 0 Å². The summed E-state index contributed by atoms with van der Waals surface area (Å²) in [4.78, 5) is 14.3. The zero-order chi connectivity index (χ0) is 13.9. The van der Waals surface area contributed by atoms with Crippen LogP contribution in [-0.4, -0.2) is 17.4 Å². The third-order valence-corrected chi connectivity index (χ3v) is 3.71. The fraction of sp³-hybridized carbons (Fsp3) is 0.312. The Hall–Kier alpha value is -2.10. The predicted octanol–water partition coefficient (Wildman–Crippen LogP) is 3.32. The van der Waals surface area contributed by atoms with Crippen LogP contribution in [0.4, 0.5) is 4.39 Å². The zero-order valence-electron chi connectivity index (χ0n) is 11.1. The van der Waals surface area contributed by atoms with Gasteiger partial charge in [0, 0.05) is 6.54 Å². The second kappa shape index (κ2) is 5.49. The van der Waals surface area contributed by atoms with Crippen molar-refractivity contribution in [1.29, 1.82) is 0 Å². The van der Waals surface area contributed by atoms with E-state index in [1.54, 1.807) is 18.4 Å². The molecule has 0 saturated carbocycles. The van der Waals surface area contributed by atoms with Crippen LogP contribution in [0.2, 0.25) is 0 Å². The molecule has 0 N–H and O–H groups in total. The lowest BCUT2D eigenvalue weighted by atomic mass is 10.1. The van der Waals surface area contributed by atoms with Crippen LogP contribution in [0, 0.1) is 5.82 Å². The van der Waals surface area contributed by atoms with Crippen LogP contribution < -0.4 is 0 Å². The number of benzene rings is 1. The van der Waals surface area contributed by atoms with Gasteiger partial charge in [0.15, 0.2) is 0 Å². The second-order valence-electron chi connectivity index (χ2n) is 5.06. The minimum atomic E-state index is -0.282. The molecule has 2 heterocycles. The number of halogens is 1. The summed E-state index contributed by atoms with van der Waals surface area (Å²) in [5.41, 5.74) is 0.835. The van der Waals surface area contributed by atoms with E-state index in [1.165, 1.54) is 12.1 Å². The van der Waals surface area contributed by atoms with E-state index in [-0.39, 0.29) is 17.8 Å². The normalized spacial score (nSPS) is 18.4. The number of carbonyl (C=O) groups is 1. The van der Waals surface area contributed by atoms with Gasteiger partial charge in [0.1, 0.15) is 11.6 Å². The molecule has 20 heavy (non-hydrogen) atoms. The van der Waals surface area contributed by atoms with Gasteiger partial charge >= 0.3 is 0 Å². The van der Waals surface area contributed by atoms with Crippen molar-refractivity contribution in [1.82, 2.24) is 4.90 Å². The molecule has 1 fully saturated rings. The number of rotatable bonds is 3. The molecule has 4 heteroatoms. The largest absolute Gasteiger partial charge is 0.467 e. The van der Waals surface area contributed by atoms with Gasteiger partial charge in [-0.15, -0.1) is 0 Å². The topological polar surface area (TPSA) is 33.5 Å². The summed E-state index contributed by atoms with van der Waals surface area (Å²) in [6.07, 6.45) is 3.86. The van der Waals surface area contributed by atoms with Crippen LogP contribution in [-0.2, 0) is 11.2 Å². The SMILES string of the molecule is O=C(Cc1ccc(F)cc1)N1CCC[C@H]1c1ccco1. The van der Waals surface area contributed by atoms with Crippen LogP contribution in [0.3, 0.4) is 0 Å². The fourth-order valence-corrected chi connectivity index (χ4v) is 2.72.